The lowest BCUT2D eigenvalue weighted by atomic mass is 9.85. The fourth-order valence-corrected chi connectivity index (χ4v) is 2.34. The van der Waals surface area contributed by atoms with Crippen molar-refractivity contribution < 1.29 is 4.74 Å². The molecule has 100 valence electrons. The van der Waals surface area contributed by atoms with Crippen molar-refractivity contribution in [1.29, 1.82) is 0 Å². The average Bonchev–Trinajstić information content (AvgIpc) is 2.35. The van der Waals surface area contributed by atoms with Crippen molar-refractivity contribution in [3.05, 3.63) is 29.8 Å². The summed E-state index contributed by atoms with van der Waals surface area (Å²) in [7, 11) is 1.71. The summed E-state index contributed by atoms with van der Waals surface area (Å²) in [5, 5.41) is 3.65. The zero-order chi connectivity index (χ0) is 12.8. The number of ether oxygens (including phenoxy) is 1. The molecular weight excluding hydrogens is 222 g/mol. The Morgan fingerprint density at radius 1 is 1.28 bits per heavy atom. The number of benzene rings is 1. The highest BCUT2D eigenvalue weighted by Crippen LogP contribution is 2.25. The third kappa shape index (κ3) is 4.02. The molecule has 2 rings (SSSR count). The van der Waals surface area contributed by atoms with E-state index in [0.717, 1.165) is 18.1 Å². The molecule has 0 bridgehead atoms. The van der Waals surface area contributed by atoms with Crippen molar-refractivity contribution in [2.24, 2.45) is 5.92 Å². The van der Waals surface area contributed by atoms with Crippen LogP contribution in [0.25, 0.3) is 0 Å². The summed E-state index contributed by atoms with van der Waals surface area (Å²) in [6, 6.07) is 9.03. The molecule has 1 N–H and O–H groups in total. The quantitative estimate of drug-likeness (QED) is 0.797. The van der Waals surface area contributed by atoms with E-state index in [-0.39, 0.29) is 0 Å². The topological polar surface area (TPSA) is 21.3 Å². The Balaban J connectivity index is 1.65. The van der Waals surface area contributed by atoms with Gasteiger partial charge in [-0.05, 0) is 62.8 Å². The van der Waals surface area contributed by atoms with Crippen molar-refractivity contribution >= 4 is 0 Å². The smallest absolute Gasteiger partial charge is 0.118 e. The first-order valence-electron chi connectivity index (χ1n) is 7.14. The van der Waals surface area contributed by atoms with Crippen LogP contribution in [0.3, 0.4) is 0 Å². The number of hydrogen-bond donors (Lipinski definition) is 1. The van der Waals surface area contributed by atoms with Crippen molar-refractivity contribution in [3.63, 3.8) is 0 Å². The molecule has 0 aromatic heterocycles. The molecule has 0 aliphatic heterocycles. The molecule has 18 heavy (non-hydrogen) atoms. The number of aryl methyl sites for hydroxylation is 1. The van der Waals surface area contributed by atoms with Crippen LogP contribution in [-0.2, 0) is 6.42 Å². The van der Waals surface area contributed by atoms with E-state index in [1.54, 1.807) is 7.11 Å². The third-order valence-electron chi connectivity index (χ3n) is 4.00. The molecule has 0 saturated heterocycles. The van der Waals surface area contributed by atoms with Crippen molar-refractivity contribution in [2.75, 3.05) is 13.7 Å². The van der Waals surface area contributed by atoms with Crippen molar-refractivity contribution in [1.82, 2.24) is 5.32 Å². The van der Waals surface area contributed by atoms with Gasteiger partial charge in [-0.15, -0.1) is 0 Å². The van der Waals surface area contributed by atoms with Gasteiger partial charge in [0.1, 0.15) is 5.75 Å². The standard InChI is InChI=1S/C16H25NO/c1-13(17-12-15-4-3-5-15)6-7-14-8-10-16(18-2)11-9-14/h8-11,13,15,17H,3-7,12H2,1-2H3. The number of methoxy groups -OCH3 is 1. The van der Waals surface area contributed by atoms with Crippen LogP contribution >= 0.6 is 0 Å². The highest BCUT2D eigenvalue weighted by molar-refractivity contribution is 5.27. The summed E-state index contributed by atoms with van der Waals surface area (Å²) in [6.45, 7) is 3.51. The first kappa shape index (κ1) is 13.4. The summed E-state index contributed by atoms with van der Waals surface area (Å²) < 4.78 is 5.17. The minimum absolute atomic E-state index is 0.618. The van der Waals surface area contributed by atoms with Crippen LogP contribution < -0.4 is 10.1 Å². The maximum Gasteiger partial charge on any atom is 0.118 e. The van der Waals surface area contributed by atoms with E-state index in [1.165, 1.54) is 37.8 Å². The normalized spacial score (nSPS) is 17.2. The highest BCUT2D eigenvalue weighted by atomic mass is 16.5. The highest BCUT2D eigenvalue weighted by Gasteiger charge is 2.17. The fourth-order valence-electron chi connectivity index (χ4n) is 2.34. The van der Waals surface area contributed by atoms with E-state index in [1.807, 2.05) is 12.1 Å². The molecule has 1 aromatic rings. The van der Waals surface area contributed by atoms with E-state index in [4.69, 9.17) is 4.74 Å². The zero-order valence-corrected chi connectivity index (χ0v) is 11.6. The third-order valence-corrected chi connectivity index (χ3v) is 4.00. The van der Waals surface area contributed by atoms with Gasteiger partial charge in [0, 0.05) is 6.04 Å². The lowest BCUT2D eigenvalue weighted by Gasteiger charge is -2.27. The molecule has 0 heterocycles. The summed E-state index contributed by atoms with van der Waals surface area (Å²) in [5.41, 5.74) is 1.40. The summed E-state index contributed by atoms with van der Waals surface area (Å²) in [4.78, 5) is 0. The van der Waals surface area contributed by atoms with Gasteiger partial charge in [0.15, 0.2) is 0 Å². The second kappa shape index (κ2) is 6.79. The first-order chi connectivity index (χ1) is 8.78. The first-order valence-corrected chi connectivity index (χ1v) is 7.14. The molecule has 2 heteroatoms. The number of nitrogens with one attached hydrogen (secondary N) is 1. The van der Waals surface area contributed by atoms with Crippen LogP contribution in [0.4, 0.5) is 0 Å². The lowest BCUT2D eigenvalue weighted by Crippen LogP contribution is -2.34. The Kier molecular flexibility index (Phi) is 5.06. The maximum atomic E-state index is 5.17. The second-order valence-electron chi connectivity index (χ2n) is 5.49. The molecule has 1 aliphatic carbocycles. The van der Waals surface area contributed by atoms with Gasteiger partial charge in [0.25, 0.3) is 0 Å². The van der Waals surface area contributed by atoms with Crippen LogP contribution in [0.2, 0.25) is 0 Å². The Bertz CT molecular complexity index is 343. The molecule has 1 atom stereocenters. The molecule has 1 saturated carbocycles. The van der Waals surface area contributed by atoms with Gasteiger partial charge in [-0.3, -0.25) is 0 Å². The summed E-state index contributed by atoms with van der Waals surface area (Å²) in [5.74, 6) is 1.89. The Labute approximate surface area is 111 Å². The van der Waals surface area contributed by atoms with Crippen molar-refractivity contribution in [2.45, 2.75) is 45.1 Å². The van der Waals surface area contributed by atoms with E-state index in [2.05, 4.69) is 24.4 Å². The molecule has 0 amide bonds. The van der Waals surface area contributed by atoms with Crippen LogP contribution in [-0.4, -0.2) is 19.7 Å². The van der Waals surface area contributed by atoms with Crippen molar-refractivity contribution in [3.8, 4) is 5.75 Å². The van der Waals surface area contributed by atoms with Crippen LogP contribution in [0, 0.1) is 5.92 Å². The van der Waals surface area contributed by atoms with Crippen LogP contribution in [0.15, 0.2) is 24.3 Å². The molecule has 0 spiro atoms. The monoisotopic (exact) mass is 247 g/mol. The molecule has 0 radical (unpaired) electrons. The van der Waals surface area contributed by atoms with Crippen LogP contribution in [0.1, 0.15) is 38.2 Å². The Hall–Kier alpha value is -1.02. The fraction of sp³-hybridized carbons (Fsp3) is 0.625. The Morgan fingerprint density at radius 2 is 2.00 bits per heavy atom. The van der Waals surface area contributed by atoms with Gasteiger partial charge in [-0.1, -0.05) is 18.6 Å². The maximum absolute atomic E-state index is 5.17. The second-order valence-corrected chi connectivity index (χ2v) is 5.49. The molecule has 1 unspecified atom stereocenters. The predicted molar refractivity (Wildman–Crippen MR) is 76.1 cm³/mol. The summed E-state index contributed by atoms with van der Waals surface area (Å²) in [6.07, 6.45) is 6.64. The summed E-state index contributed by atoms with van der Waals surface area (Å²) >= 11 is 0. The van der Waals surface area contributed by atoms with Gasteiger partial charge in [0.2, 0.25) is 0 Å². The van der Waals surface area contributed by atoms with Gasteiger partial charge in [-0.25, -0.2) is 0 Å². The average molecular weight is 247 g/mol. The lowest BCUT2D eigenvalue weighted by molar-refractivity contribution is 0.289. The van der Waals surface area contributed by atoms with Crippen LogP contribution in [0.5, 0.6) is 5.75 Å². The minimum Gasteiger partial charge on any atom is -0.497 e. The van der Waals surface area contributed by atoms with Gasteiger partial charge < -0.3 is 10.1 Å². The zero-order valence-electron chi connectivity index (χ0n) is 11.6. The van der Waals surface area contributed by atoms with E-state index < -0.39 is 0 Å². The van der Waals surface area contributed by atoms with E-state index in [0.29, 0.717) is 6.04 Å². The predicted octanol–water partition coefficient (Wildman–Crippen LogP) is 3.41. The minimum atomic E-state index is 0.618. The van der Waals surface area contributed by atoms with Gasteiger partial charge in [-0.2, -0.15) is 0 Å². The molecule has 2 nitrogen and oxygen atoms in total. The Morgan fingerprint density at radius 3 is 2.56 bits per heavy atom. The molecule has 1 aromatic carbocycles. The largest absolute Gasteiger partial charge is 0.497 e. The molecule has 1 fully saturated rings. The SMILES string of the molecule is COc1ccc(CCC(C)NCC2CCC2)cc1. The molecule has 1 aliphatic rings. The van der Waals surface area contributed by atoms with Gasteiger partial charge >= 0.3 is 0 Å². The molecular formula is C16H25NO. The van der Waals surface area contributed by atoms with E-state index in [9.17, 15) is 0 Å². The number of rotatable bonds is 7. The van der Waals surface area contributed by atoms with E-state index >= 15 is 0 Å². The van der Waals surface area contributed by atoms with Gasteiger partial charge in [0.05, 0.1) is 7.11 Å². The number of hydrogen-bond acceptors (Lipinski definition) is 2.